The average molecular weight is 444 g/mol. The number of rotatable bonds is 7. The Bertz CT molecular complexity index is 1280. The first-order valence-corrected chi connectivity index (χ1v) is 10.0. The van der Waals surface area contributed by atoms with Crippen molar-refractivity contribution in [1.29, 1.82) is 0 Å². The highest BCUT2D eigenvalue weighted by molar-refractivity contribution is 6.05. The quantitative estimate of drug-likeness (QED) is 0.403. The van der Waals surface area contributed by atoms with Gasteiger partial charge < -0.3 is 20.1 Å². The molecule has 0 fully saturated rings. The summed E-state index contributed by atoms with van der Waals surface area (Å²) in [6.45, 7) is 0. The molecule has 166 valence electrons. The molecular weight excluding hydrogens is 423 g/mol. The molecule has 0 saturated heterocycles. The van der Waals surface area contributed by atoms with Crippen molar-refractivity contribution in [1.82, 2.24) is 9.97 Å². The van der Waals surface area contributed by atoms with Gasteiger partial charge in [-0.15, -0.1) is 0 Å². The monoisotopic (exact) mass is 444 g/mol. The predicted octanol–water partition coefficient (Wildman–Crippen LogP) is 5.30. The maximum Gasteiger partial charge on any atom is 0.255 e. The van der Waals surface area contributed by atoms with Crippen LogP contribution in [0.25, 0.3) is 11.1 Å². The molecule has 4 rings (SSSR count). The number of anilines is 3. The van der Waals surface area contributed by atoms with Gasteiger partial charge in [0.1, 0.15) is 17.3 Å². The highest BCUT2D eigenvalue weighted by atomic mass is 19.1. The third-order valence-electron chi connectivity index (χ3n) is 4.85. The van der Waals surface area contributed by atoms with Crippen LogP contribution in [0.15, 0.2) is 79.1 Å². The van der Waals surface area contributed by atoms with Crippen molar-refractivity contribution in [2.75, 3.05) is 24.9 Å². The molecule has 7 nitrogen and oxygen atoms in total. The number of methoxy groups -OCH3 is 2. The molecule has 0 unspecified atom stereocenters. The van der Waals surface area contributed by atoms with E-state index in [9.17, 15) is 9.18 Å². The van der Waals surface area contributed by atoms with Gasteiger partial charge in [0.25, 0.3) is 5.91 Å². The fourth-order valence-electron chi connectivity index (χ4n) is 3.17. The molecule has 1 aromatic heterocycles. The van der Waals surface area contributed by atoms with Crippen LogP contribution in [0.5, 0.6) is 11.5 Å². The van der Waals surface area contributed by atoms with Crippen LogP contribution in [0, 0.1) is 5.82 Å². The van der Waals surface area contributed by atoms with Crippen LogP contribution in [0.1, 0.15) is 10.4 Å². The first-order chi connectivity index (χ1) is 16.1. The third-order valence-corrected chi connectivity index (χ3v) is 4.85. The van der Waals surface area contributed by atoms with Gasteiger partial charge in [0.2, 0.25) is 5.95 Å². The van der Waals surface area contributed by atoms with Crippen LogP contribution in [-0.4, -0.2) is 30.1 Å². The molecule has 2 N–H and O–H groups in total. The summed E-state index contributed by atoms with van der Waals surface area (Å²) in [6, 6.07) is 18.3. The summed E-state index contributed by atoms with van der Waals surface area (Å²) in [4.78, 5) is 21.4. The summed E-state index contributed by atoms with van der Waals surface area (Å²) in [5, 5.41) is 5.91. The zero-order valence-electron chi connectivity index (χ0n) is 18.0. The maximum atomic E-state index is 13.4. The highest BCUT2D eigenvalue weighted by Gasteiger charge is 2.12. The predicted molar refractivity (Wildman–Crippen MR) is 125 cm³/mol. The fourth-order valence-corrected chi connectivity index (χ4v) is 3.17. The van der Waals surface area contributed by atoms with E-state index in [4.69, 9.17) is 9.47 Å². The van der Waals surface area contributed by atoms with Crippen molar-refractivity contribution in [3.8, 4) is 22.6 Å². The van der Waals surface area contributed by atoms with Gasteiger partial charge in [-0.25, -0.2) is 14.4 Å². The molecule has 0 bridgehead atoms. The topological polar surface area (TPSA) is 85.4 Å². The smallest absolute Gasteiger partial charge is 0.255 e. The van der Waals surface area contributed by atoms with Crippen molar-refractivity contribution in [3.05, 3.63) is 90.5 Å². The Balaban J connectivity index is 1.47. The van der Waals surface area contributed by atoms with Gasteiger partial charge >= 0.3 is 0 Å². The minimum atomic E-state index is -0.322. The Morgan fingerprint density at radius 2 is 1.67 bits per heavy atom. The Morgan fingerprint density at radius 1 is 0.879 bits per heavy atom. The molecular formula is C25H21FN4O3. The van der Waals surface area contributed by atoms with Crippen LogP contribution >= 0.6 is 0 Å². The fraction of sp³-hybridized carbons (Fsp3) is 0.0800. The van der Waals surface area contributed by atoms with Gasteiger partial charge in [0, 0.05) is 35.3 Å². The molecule has 0 atom stereocenters. The van der Waals surface area contributed by atoms with Crippen molar-refractivity contribution < 1.29 is 18.7 Å². The molecule has 0 aliphatic heterocycles. The summed E-state index contributed by atoms with van der Waals surface area (Å²) in [6.07, 6.45) is 3.22. The zero-order valence-corrected chi connectivity index (χ0v) is 18.0. The highest BCUT2D eigenvalue weighted by Crippen LogP contribution is 2.29. The second-order valence-electron chi connectivity index (χ2n) is 7.03. The van der Waals surface area contributed by atoms with Gasteiger partial charge in [0.15, 0.2) is 0 Å². The number of hydrogen-bond acceptors (Lipinski definition) is 6. The first kappa shape index (κ1) is 21.8. The van der Waals surface area contributed by atoms with Crippen LogP contribution in [-0.2, 0) is 0 Å². The summed E-state index contributed by atoms with van der Waals surface area (Å²) in [7, 11) is 3.08. The molecule has 8 heteroatoms. The molecule has 0 aliphatic rings. The van der Waals surface area contributed by atoms with E-state index in [0.29, 0.717) is 45.5 Å². The van der Waals surface area contributed by atoms with E-state index in [-0.39, 0.29) is 11.7 Å². The first-order valence-electron chi connectivity index (χ1n) is 10.0. The normalized spacial score (nSPS) is 10.4. The number of nitrogens with one attached hydrogen (secondary N) is 2. The lowest BCUT2D eigenvalue weighted by Crippen LogP contribution is -2.13. The number of benzene rings is 3. The lowest BCUT2D eigenvalue weighted by molar-refractivity contribution is 0.102. The van der Waals surface area contributed by atoms with E-state index in [1.807, 2.05) is 0 Å². The van der Waals surface area contributed by atoms with Crippen LogP contribution < -0.4 is 20.1 Å². The Kier molecular flexibility index (Phi) is 6.45. The number of amides is 1. The Hall–Kier alpha value is -4.46. The van der Waals surface area contributed by atoms with Gasteiger partial charge in [-0.1, -0.05) is 18.2 Å². The standard InChI is InChI=1S/C25H21FN4O3/c1-32-21-9-10-22(23(13-21)33-2)30-24(31)17-6-4-8-20(12-17)29-25-27-14-18(15-28-25)16-5-3-7-19(26)11-16/h3-15H,1-2H3,(H,30,31)(H,27,28,29). The second-order valence-corrected chi connectivity index (χ2v) is 7.03. The van der Waals surface area contributed by atoms with Gasteiger partial charge in [0.05, 0.1) is 19.9 Å². The largest absolute Gasteiger partial charge is 0.497 e. The SMILES string of the molecule is COc1ccc(NC(=O)c2cccc(Nc3ncc(-c4cccc(F)c4)cn3)c2)c(OC)c1. The Labute approximate surface area is 190 Å². The number of ether oxygens (including phenoxy) is 2. The minimum Gasteiger partial charge on any atom is -0.497 e. The van der Waals surface area contributed by atoms with Crippen molar-refractivity contribution in [2.24, 2.45) is 0 Å². The minimum absolute atomic E-state index is 0.301. The number of aromatic nitrogens is 2. The molecule has 1 heterocycles. The van der Waals surface area contributed by atoms with E-state index >= 15 is 0 Å². The van der Waals surface area contributed by atoms with Crippen LogP contribution in [0.4, 0.5) is 21.7 Å². The molecule has 0 spiro atoms. The third kappa shape index (κ3) is 5.24. The van der Waals surface area contributed by atoms with Crippen LogP contribution in [0.3, 0.4) is 0 Å². The summed E-state index contributed by atoms with van der Waals surface area (Å²) in [5.41, 5.74) is 2.99. The lowest BCUT2D eigenvalue weighted by atomic mass is 10.1. The average Bonchev–Trinajstić information content (AvgIpc) is 2.85. The summed E-state index contributed by atoms with van der Waals surface area (Å²) < 4.78 is 24.0. The van der Waals surface area contributed by atoms with E-state index in [2.05, 4.69) is 20.6 Å². The molecule has 4 aromatic rings. The number of halogens is 1. The molecule has 33 heavy (non-hydrogen) atoms. The van der Waals surface area contributed by atoms with Gasteiger partial charge in [-0.2, -0.15) is 0 Å². The molecule has 0 saturated carbocycles. The van der Waals surface area contributed by atoms with Crippen molar-refractivity contribution >= 4 is 23.2 Å². The molecule has 0 aliphatic carbocycles. The summed E-state index contributed by atoms with van der Waals surface area (Å²) in [5.74, 6) is 0.842. The second kappa shape index (κ2) is 9.78. The number of nitrogens with zero attached hydrogens (tertiary/aromatic N) is 2. The molecule has 3 aromatic carbocycles. The van der Waals surface area contributed by atoms with Gasteiger partial charge in [-0.05, 0) is 48.0 Å². The summed E-state index contributed by atoms with van der Waals surface area (Å²) >= 11 is 0. The van der Waals surface area contributed by atoms with E-state index < -0.39 is 0 Å². The molecule has 0 radical (unpaired) electrons. The number of carbonyl (C=O) groups is 1. The van der Waals surface area contributed by atoms with Gasteiger partial charge in [-0.3, -0.25) is 4.79 Å². The Morgan fingerprint density at radius 3 is 2.39 bits per heavy atom. The molecule has 1 amide bonds. The van der Waals surface area contributed by atoms with Crippen molar-refractivity contribution in [2.45, 2.75) is 0 Å². The van der Waals surface area contributed by atoms with E-state index in [1.165, 1.54) is 19.2 Å². The lowest BCUT2D eigenvalue weighted by Gasteiger charge is -2.12. The maximum absolute atomic E-state index is 13.4. The van der Waals surface area contributed by atoms with E-state index in [1.54, 1.807) is 74.1 Å². The van der Waals surface area contributed by atoms with E-state index in [0.717, 1.165) is 0 Å². The zero-order chi connectivity index (χ0) is 23.2. The number of carbonyl (C=O) groups excluding carboxylic acids is 1. The number of hydrogen-bond donors (Lipinski definition) is 2. The van der Waals surface area contributed by atoms with Crippen molar-refractivity contribution in [3.63, 3.8) is 0 Å². The van der Waals surface area contributed by atoms with Crippen LogP contribution in [0.2, 0.25) is 0 Å².